The van der Waals surface area contributed by atoms with Gasteiger partial charge in [-0.1, -0.05) is 11.8 Å². The molecule has 0 atom stereocenters. The van der Waals surface area contributed by atoms with Crippen molar-refractivity contribution in [3.05, 3.63) is 34.1 Å². The van der Waals surface area contributed by atoms with Crippen molar-refractivity contribution in [1.29, 1.82) is 5.26 Å². The number of ether oxygens (including phenoxy) is 3. The van der Waals surface area contributed by atoms with Crippen LogP contribution in [0.25, 0.3) is 11.3 Å². The molecular weight excluding hydrogens is 330 g/mol. The number of H-pyrrole nitrogens is 1. The average Bonchev–Trinajstić information content (AvgIpc) is 2.61. The molecule has 2 rings (SSSR count). The van der Waals surface area contributed by atoms with Crippen molar-refractivity contribution < 1.29 is 14.2 Å². The predicted octanol–water partition coefficient (Wildman–Crippen LogP) is 2.06. The average molecular weight is 347 g/mol. The zero-order valence-corrected chi connectivity index (χ0v) is 14.4. The summed E-state index contributed by atoms with van der Waals surface area (Å²) >= 11 is 1.29. The number of thioether (sulfide) groups is 1. The first-order valence-corrected chi connectivity index (χ1v) is 8.25. The minimum atomic E-state index is -0.466. The van der Waals surface area contributed by atoms with E-state index in [0.717, 1.165) is 0 Å². The number of aromatic amines is 1. The van der Waals surface area contributed by atoms with Crippen molar-refractivity contribution in [3.63, 3.8) is 0 Å². The summed E-state index contributed by atoms with van der Waals surface area (Å²) in [6, 6.07) is 7.04. The topological polar surface area (TPSA) is 97.2 Å². The quantitative estimate of drug-likeness (QED) is 0.465. The van der Waals surface area contributed by atoms with Crippen LogP contribution in [0.3, 0.4) is 0 Å². The van der Waals surface area contributed by atoms with Crippen LogP contribution in [0.15, 0.2) is 28.2 Å². The molecular formula is C16H17N3O4S. The molecule has 0 saturated carbocycles. The number of nitrogens with zero attached hydrogens (tertiary/aromatic N) is 2. The fraction of sp³-hybridized carbons (Fsp3) is 0.312. The third kappa shape index (κ3) is 3.88. The normalized spacial score (nSPS) is 10.2. The summed E-state index contributed by atoms with van der Waals surface area (Å²) in [5, 5.41) is 9.70. The third-order valence-corrected chi connectivity index (χ3v) is 3.76. The molecule has 8 heteroatoms. The van der Waals surface area contributed by atoms with E-state index in [-0.39, 0.29) is 5.56 Å². The summed E-state index contributed by atoms with van der Waals surface area (Å²) in [5.74, 6) is 1.03. The van der Waals surface area contributed by atoms with Crippen molar-refractivity contribution >= 4 is 11.8 Å². The van der Waals surface area contributed by atoms with Crippen molar-refractivity contribution in [1.82, 2.24) is 9.97 Å². The van der Waals surface area contributed by atoms with Gasteiger partial charge in [-0.05, 0) is 24.5 Å². The molecule has 0 fully saturated rings. The van der Waals surface area contributed by atoms with E-state index in [9.17, 15) is 10.1 Å². The summed E-state index contributed by atoms with van der Waals surface area (Å²) in [6.07, 6.45) is 1.79. The Hall–Kier alpha value is -2.50. The summed E-state index contributed by atoms with van der Waals surface area (Å²) in [4.78, 5) is 18.9. The van der Waals surface area contributed by atoms with Gasteiger partial charge >= 0.3 is 0 Å². The lowest BCUT2D eigenvalue weighted by atomic mass is 10.1. The van der Waals surface area contributed by atoms with E-state index in [1.807, 2.05) is 6.07 Å². The summed E-state index contributed by atoms with van der Waals surface area (Å²) in [5.41, 5.74) is 0.408. The van der Waals surface area contributed by atoms with Gasteiger partial charge in [-0.3, -0.25) is 4.79 Å². The van der Waals surface area contributed by atoms with Gasteiger partial charge < -0.3 is 19.2 Å². The highest BCUT2D eigenvalue weighted by molar-refractivity contribution is 7.98. The summed E-state index contributed by atoms with van der Waals surface area (Å²) in [7, 11) is 3.11. The van der Waals surface area contributed by atoms with Gasteiger partial charge in [0.2, 0.25) is 0 Å². The van der Waals surface area contributed by atoms with E-state index in [1.165, 1.54) is 18.9 Å². The van der Waals surface area contributed by atoms with Gasteiger partial charge in [-0.25, -0.2) is 4.98 Å². The molecule has 0 aliphatic heterocycles. The van der Waals surface area contributed by atoms with E-state index in [1.54, 1.807) is 31.6 Å². The molecule has 0 spiro atoms. The van der Waals surface area contributed by atoms with Gasteiger partial charge in [0.15, 0.2) is 16.7 Å². The number of benzene rings is 1. The maximum absolute atomic E-state index is 12.0. The smallest absolute Gasteiger partial charge is 0.270 e. The lowest BCUT2D eigenvalue weighted by Crippen LogP contribution is -2.14. The van der Waals surface area contributed by atoms with E-state index in [0.29, 0.717) is 41.1 Å². The maximum atomic E-state index is 12.0. The number of nitrogens with one attached hydrogen (secondary N) is 1. The van der Waals surface area contributed by atoms with Crippen molar-refractivity contribution in [3.8, 4) is 28.8 Å². The molecule has 1 heterocycles. The van der Waals surface area contributed by atoms with E-state index < -0.39 is 5.56 Å². The minimum absolute atomic E-state index is 0.0390. The number of rotatable bonds is 7. The Morgan fingerprint density at radius 1 is 1.29 bits per heavy atom. The zero-order valence-electron chi connectivity index (χ0n) is 13.6. The highest BCUT2D eigenvalue weighted by atomic mass is 32.2. The molecule has 1 N–H and O–H groups in total. The van der Waals surface area contributed by atoms with E-state index in [4.69, 9.17) is 14.2 Å². The van der Waals surface area contributed by atoms with Crippen molar-refractivity contribution in [2.75, 3.05) is 33.7 Å². The van der Waals surface area contributed by atoms with Gasteiger partial charge in [0.05, 0.1) is 19.4 Å². The first-order valence-electron chi connectivity index (χ1n) is 7.03. The van der Waals surface area contributed by atoms with Gasteiger partial charge in [-0.15, -0.1) is 0 Å². The Labute approximate surface area is 143 Å². The van der Waals surface area contributed by atoms with Crippen molar-refractivity contribution in [2.45, 2.75) is 5.16 Å². The first-order chi connectivity index (χ1) is 11.6. The lowest BCUT2D eigenvalue weighted by Gasteiger charge is -2.12. The molecule has 0 amide bonds. The highest BCUT2D eigenvalue weighted by Crippen LogP contribution is 2.32. The molecule has 0 radical (unpaired) electrons. The second-order valence-electron chi connectivity index (χ2n) is 4.62. The molecule has 1 aromatic heterocycles. The number of hydrogen-bond acceptors (Lipinski definition) is 7. The van der Waals surface area contributed by atoms with Gasteiger partial charge in [0.1, 0.15) is 18.2 Å². The largest absolute Gasteiger partial charge is 0.493 e. The first kappa shape index (κ1) is 17.8. The Kier molecular flexibility index (Phi) is 6.23. The Balaban J connectivity index is 2.48. The van der Waals surface area contributed by atoms with Gasteiger partial charge in [-0.2, -0.15) is 5.26 Å². The summed E-state index contributed by atoms with van der Waals surface area (Å²) < 4.78 is 15.9. The van der Waals surface area contributed by atoms with Gasteiger partial charge in [0, 0.05) is 12.7 Å². The van der Waals surface area contributed by atoms with Crippen LogP contribution in [0.2, 0.25) is 0 Å². The van der Waals surface area contributed by atoms with Gasteiger partial charge in [0.25, 0.3) is 5.56 Å². The van der Waals surface area contributed by atoms with Crippen LogP contribution >= 0.6 is 11.8 Å². The zero-order chi connectivity index (χ0) is 17.5. The number of aromatic nitrogens is 2. The molecule has 0 bridgehead atoms. The van der Waals surface area contributed by atoms with E-state index >= 15 is 0 Å². The molecule has 0 aliphatic carbocycles. The van der Waals surface area contributed by atoms with E-state index in [2.05, 4.69) is 9.97 Å². The Morgan fingerprint density at radius 2 is 2.08 bits per heavy atom. The Bertz CT molecular complexity index is 814. The number of hydrogen-bond donors (Lipinski definition) is 1. The third-order valence-electron chi connectivity index (χ3n) is 3.18. The van der Waals surface area contributed by atoms with Crippen LogP contribution in [-0.2, 0) is 4.74 Å². The van der Waals surface area contributed by atoms with Crippen molar-refractivity contribution in [2.24, 2.45) is 0 Å². The molecule has 0 saturated heterocycles. The molecule has 0 aliphatic rings. The summed E-state index contributed by atoms with van der Waals surface area (Å²) in [6.45, 7) is 0.839. The molecule has 7 nitrogen and oxygen atoms in total. The molecule has 1 aromatic carbocycles. The fourth-order valence-electron chi connectivity index (χ4n) is 2.03. The monoisotopic (exact) mass is 347 g/mol. The molecule has 126 valence electrons. The predicted molar refractivity (Wildman–Crippen MR) is 90.7 cm³/mol. The number of nitriles is 1. The Morgan fingerprint density at radius 3 is 2.71 bits per heavy atom. The van der Waals surface area contributed by atoms with Crippen LogP contribution in [-0.4, -0.2) is 43.7 Å². The fourth-order valence-corrected chi connectivity index (χ4v) is 2.41. The maximum Gasteiger partial charge on any atom is 0.270 e. The second-order valence-corrected chi connectivity index (χ2v) is 5.41. The minimum Gasteiger partial charge on any atom is -0.493 e. The molecule has 2 aromatic rings. The SMILES string of the molecule is COCCOc1ccc(-c2nc(SC)[nH]c(=O)c2C#N)cc1OC. The van der Waals surface area contributed by atoms with Crippen LogP contribution in [0.1, 0.15) is 5.56 Å². The number of methoxy groups -OCH3 is 2. The van der Waals surface area contributed by atoms with Crippen LogP contribution in [0.4, 0.5) is 0 Å². The lowest BCUT2D eigenvalue weighted by molar-refractivity contribution is 0.144. The molecule has 24 heavy (non-hydrogen) atoms. The molecule has 0 unspecified atom stereocenters. The highest BCUT2D eigenvalue weighted by Gasteiger charge is 2.15. The standard InChI is InChI=1S/C16H17N3O4S/c1-21-6-7-23-12-5-4-10(8-13(12)22-2)14-11(9-17)15(20)19-16(18-14)24-3/h4-5,8H,6-7H2,1-3H3,(H,18,19,20). The van der Waals surface area contributed by atoms with Crippen LogP contribution < -0.4 is 15.0 Å². The second kappa shape index (κ2) is 8.38. The van der Waals surface area contributed by atoms with Crippen LogP contribution in [0, 0.1) is 11.3 Å². The van der Waals surface area contributed by atoms with Crippen LogP contribution in [0.5, 0.6) is 11.5 Å².